The molecule has 2 bridgehead atoms. The van der Waals surface area contributed by atoms with Gasteiger partial charge in [0.15, 0.2) is 17.0 Å². The molecule has 0 radical (unpaired) electrons. The predicted octanol–water partition coefficient (Wildman–Crippen LogP) is 2.94. The number of piperazine rings is 1. The molecule has 184 valence electrons. The Kier molecular flexibility index (Phi) is 3.67. The standard InChI is InChI=1S/C27H31N3O5/c1-24(2)9-7-13-18-14(11-15(34-5)19(13)35-24)17-20(28-18)25(3,4)16-12-26-8-6-10-30(26)23(33)27(16,21(17)31)29-22(26)32/h7,9,11,16,21,28,31H,6,8,10,12H2,1-5H3,(H,29,32)/t16-,21+,26-,27+/m0/s1. The molecular formula is C27H31N3O5. The first-order valence-corrected chi connectivity index (χ1v) is 12.5. The molecule has 8 nitrogen and oxygen atoms in total. The fraction of sp³-hybridized carbons (Fsp3) is 0.556. The second kappa shape index (κ2) is 6.03. The van der Waals surface area contributed by atoms with Gasteiger partial charge >= 0.3 is 0 Å². The number of rotatable bonds is 1. The molecule has 2 spiro atoms. The summed E-state index contributed by atoms with van der Waals surface area (Å²) in [7, 11) is 1.60. The van der Waals surface area contributed by atoms with Crippen molar-refractivity contribution >= 4 is 28.8 Å². The molecule has 4 atom stereocenters. The van der Waals surface area contributed by atoms with Crippen LogP contribution in [0.4, 0.5) is 0 Å². The molecule has 8 rings (SSSR count). The van der Waals surface area contributed by atoms with E-state index in [-0.39, 0.29) is 17.7 Å². The van der Waals surface area contributed by atoms with E-state index >= 15 is 0 Å². The number of ether oxygens (including phenoxy) is 2. The zero-order valence-corrected chi connectivity index (χ0v) is 20.7. The monoisotopic (exact) mass is 477 g/mol. The van der Waals surface area contributed by atoms with Crippen molar-refractivity contribution in [2.45, 2.75) is 75.2 Å². The highest BCUT2D eigenvalue weighted by Gasteiger charge is 2.75. The number of aliphatic hydroxyl groups excluding tert-OH is 1. The number of aromatic amines is 1. The molecule has 6 aliphatic rings. The van der Waals surface area contributed by atoms with Gasteiger partial charge in [-0.3, -0.25) is 9.59 Å². The molecule has 1 aromatic heterocycles. The largest absolute Gasteiger partial charge is 0.493 e. The number of aromatic nitrogens is 1. The summed E-state index contributed by atoms with van der Waals surface area (Å²) >= 11 is 0. The Bertz CT molecular complexity index is 1390. The van der Waals surface area contributed by atoms with Gasteiger partial charge in [0.05, 0.1) is 12.6 Å². The molecule has 1 aliphatic carbocycles. The minimum absolute atomic E-state index is 0.127. The average Bonchev–Trinajstić information content (AvgIpc) is 3.41. The van der Waals surface area contributed by atoms with Crippen LogP contribution in [0.3, 0.4) is 0 Å². The lowest BCUT2D eigenvalue weighted by molar-refractivity contribution is -0.191. The van der Waals surface area contributed by atoms with Gasteiger partial charge in [-0.15, -0.1) is 0 Å². The molecular weight excluding hydrogens is 446 g/mol. The second-order valence-corrected chi connectivity index (χ2v) is 12.0. The predicted molar refractivity (Wildman–Crippen MR) is 129 cm³/mol. The lowest BCUT2D eigenvalue weighted by atomic mass is 9.50. The molecule has 2 aromatic rings. The van der Waals surface area contributed by atoms with E-state index in [2.05, 4.69) is 24.1 Å². The zero-order chi connectivity index (χ0) is 24.7. The third kappa shape index (κ3) is 2.19. The number of carbonyl (C=O) groups excluding carboxylic acids is 2. The number of aliphatic hydroxyl groups is 1. The Morgan fingerprint density at radius 3 is 2.74 bits per heavy atom. The van der Waals surface area contributed by atoms with Crippen LogP contribution in [-0.2, 0) is 15.0 Å². The lowest BCUT2D eigenvalue weighted by Crippen LogP contribution is -2.85. The Balaban J connectivity index is 1.52. The zero-order valence-electron chi connectivity index (χ0n) is 20.7. The topological polar surface area (TPSA) is 104 Å². The van der Waals surface area contributed by atoms with Crippen molar-refractivity contribution in [3.63, 3.8) is 0 Å². The fourth-order valence-corrected chi connectivity index (χ4v) is 7.76. The molecule has 3 N–H and O–H groups in total. The van der Waals surface area contributed by atoms with E-state index in [1.54, 1.807) is 12.0 Å². The Morgan fingerprint density at radius 2 is 2.00 bits per heavy atom. The summed E-state index contributed by atoms with van der Waals surface area (Å²) in [6.45, 7) is 8.78. The number of piperidine rings is 2. The van der Waals surface area contributed by atoms with Crippen LogP contribution < -0.4 is 14.8 Å². The Morgan fingerprint density at radius 1 is 1.23 bits per heavy atom. The maximum Gasteiger partial charge on any atom is 0.252 e. The fourth-order valence-electron chi connectivity index (χ4n) is 7.76. The number of hydrogen-bond acceptors (Lipinski definition) is 5. The molecule has 4 saturated heterocycles. The summed E-state index contributed by atoms with van der Waals surface area (Å²) in [4.78, 5) is 32.8. The second-order valence-electron chi connectivity index (χ2n) is 12.0. The van der Waals surface area contributed by atoms with Gasteiger partial charge in [-0.1, -0.05) is 13.8 Å². The molecule has 35 heavy (non-hydrogen) atoms. The van der Waals surface area contributed by atoms with Gasteiger partial charge < -0.3 is 29.8 Å². The maximum absolute atomic E-state index is 14.0. The Hall–Kier alpha value is -3.00. The van der Waals surface area contributed by atoms with Crippen LogP contribution in [0.1, 0.15) is 69.9 Å². The van der Waals surface area contributed by atoms with Crippen LogP contribution in [0.2, 0.25) is 0 Å². The van der Waals surface area contributed by atoms with E-state index in [1.807, 2.05) is 32.1 Å². The number of nitrogens with one attached hydrogen (secondary N) is 2. The minimum Gasteiger partial charge on any atom is -0.493 e. The lowest BCUT2D eigenvalue weighted by Gasteiger charge is -2.65. The smallest absolute Gasteiger partial charge is 0.252 e. The highest BCUT2D eigenvalue weighted by atomic mass is 16.5. The Labute approximate surface area is 203 Å². The van der Waals surface area contributed by atoms with Crippen LogP contribution in [0.15, 0.2) is 12.1 Å². The first-order chi connectivity index (χ1) is 16.5. The number of amides is 2. The van der Waals surface area contributed by atoms with Gasteiger partial charge in [-0.05, 0) is 51.3 Å². The SMILES string of the molecule is COc1cc2c3c([nH]c2c2c1OC(C)(C)C=C2)C(C)(C)[C@@H]1C[C@]24CCCN2C(=O)[C@]1(NC4=O)[C@@H]3O. The van der Waals surface area contributed by atoms with Crippen LogP contribution >= 0.6 is 0 Å². The van der Waals surface area contributed by atoms with E-state index in [1.165, 1.54) is 0 Å². The maximum atomic E-state index is 14.0. The summed E-state index contributed by atoms with van der Waals surface area (Å²) < 4.78 is 12.0. The first kappa shape index (κ1) is 21.3. The van der Waals surface area contributed by atoms with Gasteiger partial charge in [0, 0.05) is 40.1 Å². The van der Waals surface area contributed by atoms with Gasteiger partial charge in [0.2, 0.25) is 5.91 Å². The highest BCUT2D eigenvalue weighted by molar-refractivity contribution is 6.07. The van der Waals surface area contributed by atoms with Crippen molar-refractivity contribution < 1.29 is 24.2 Å². The molecule has 0 saturated carbocycles. The number of H-pyrrole nitrogens is 1. The minimum atomic E-state index is -1.38. The van der Waals surface area contributed by atoms with E-state index in [9.17, 15) is 14.7 Å². The van der Waals surface area contributed by atoms with Crippen molar-refractivity contribution in [1.82, 2.24) is 15.2 Å². The molecule has 5 aliphatic heterocycles. The summed E-state index contributed by atoms with van der Waals surface area (Å²) in [6, 6.07) is 1.88. The summed E-state index contributed by atoms with van der Waals surface area (Å²) in [6.07, 6.45) is 4.89. The average molecular weight is 478 g/mol. The van der Waals surface area contributed by atoms with Gasteiger partial charge in [0.25, 0.3) is 5.91 Å². The summed E-state index contributed by atoms with van der Waals surface area (Å²) in [5, 5.41) is 15.9. The van der Waals surface area contributed by atoms with Crippen LogP contribution in [0.5, 0.6) is 11.5 Å². The van der Waals surface area contributed by atoms with Crippen molar-refractivity contribution in [1.29, 1.82) is 0 Å². The molecule has 4 fully saturated rings. The molecule has 6 heterocycles. The molecule has 0 unspecified atom stereocenters. The third-order valence-electron chi connectivity index (χ3n) is 9.47. The van der Waals surface area contributed by atoms with Crippen molar-refractivity contribution in [2.75, 3.05) is 13.7 Å². The quantitative estimate of drug-likeness (QED) is 0.586. The first-order valence-electron chi connectivity index (χ1n) is 12.5. The van der Waals surface area contributed by atoms with E-state index in [0.717, 1.165) is 28.6 Å². The number of hydrogen-bond donors (Lipinski definition) is 3. The number of methoxy groups -OCH3 is 1. The van der Waals surface area contributed by atoms with Gasteiger partial charge in [-0.25, -0.2) is 0 Å². The summed E-state index contributed by atoms with van der Waals surface area (Å²) in [5.74, 6) is 0.698. The van der Waals surface area contributed by atoms with E-state index in [0.29, 0.717) is 36.4 Å². The normalized spacial score (nSPS) is 35.2. The van der Waals surface area contributed by atoms with Crippen LogP contribution in [0, 0.1) is 5.92 Å². The van der Waals surface area contributed by atoms with E-state index < -0.39 is 28.2 Å². The molecule has 8 heteroatoms. The number of fused-ring (bicyclic) bond motifs is 6. The van der Waals surface area contributed by atoms with Gasteiger partial charge in [0.1, 0.15) is 17.2 Å². The van der Waals surface area contributed by atoms with E-state index in [4.69, 9.17) is 9.47 Å². The third-order valence-corrected chi connectivity index (χ3v) is 9.47. The number of benzene rings is 1. The number of nitrogens with zero attached hydrogens (tertiary/aromatic N) is 1. The summed E-state index contributed by atoms with van der Waals surface area (Å²) in [5.41, 5.74) is 0.0938. The van der Waals surface area contributed by atoms with Crippen molar-refractivity contribution in [2.24, 2.45) is 5.92 Å². The highest BCUT2D eigenvalue weighted by Crippen LogP contribution is 2.63. The molecule has 1 aromatic carbocycles. The van der Waals surface area contributed by atoms with Crippen molar-refractivity contribution in [3.05, 3.63) is 29.0 Å². The van der Waals surface area contributed by atoms with Crippen LogP contribution in [-0.4, -0.2) is 57.1 Å². The van der Waals surface area contributed by atoms with Gasteiger partial charge in [-0.2, -0.15) is 0 Å². The molecule has 2 amide bonds. The van der Waals surface area contributed by atoms with Crippen molar-refractivity contribution in [3.8, 4) is 11.5 Å². The van der Waals surface area contributed by atoms with Crippen LogP contribution in [0.25, 0.3) is 17.0 Å². The number of carbonyl (C=O) groups is 2.